The van der Waals surface area contributed by atoms with E-state index in [2.05, 4.69) is 10.6 Å². The molecule has 1 aromatic carbocycles. The highest BCUT2D eigenvalue weighted by Crippen LogP contribution is 2.26. The van der Waals surface area contributed by atoms with Gasteiger partial charge in [-0.05, 0) is 49.3 Å². The number of carbonyl (C=O) groups excluding carboxylic acids is 1. The third kappa shape index (κ3) is 7.34. The zero-order valence-corrected chi connectivity index (χ0v) is 15.3. The van der Waals surface area contributed by atoms with Gasteiger partial charge in [0.2, 0.25) is 0 Å². The fraction of sp³-hybridized carbons (Fsp3) is 0.650. The van der Waals surface area contributed by atoms with E-state index in [0.29, 0.717) is 19.6 Å². The minimum Gasteiger partial charge on any atom is -0.450 e. The molecule has 0 radical (unpaired) electrons. The van der Waals surface area contributed by atoms with Crippen molar-refractivity contribution >= 4 is 11.8 Å². The number of anilines is 1. The summed E-state index contributed by atoms with van der Waals surface area (Å²) in [4.78, 5) is 11.5. The summed E-state index contributed by atoms with van der Waals surface area (Å²) in [6.07, 6.45) is 6.66. The molecule has 25 heavy (non-hydrogen) atoms. The topological polar surface area (TPSA) is 70.6 Å². The smallest absolute Gasteiger partial charge is 0.407 e. The molecular weight excluding hydrogens is 316 g/mol. The van der Waals surface area contributed by atoms with E-state index >= 15 is 0 Å². The predicted molar refractivity (Wildman–Crippen MR) is 101 cm³/mol. The molecular formula is C20H32N2O3. The van der Waals surface area contributed by atoms with Gasteiger partial charge in [0, 0.05) is 18.8 Å². The molecule has 2 rings (SSSR count). The van der Waals surface area contributed by atoms with Crippen LogP contribution in [-0.4, -0.2) is 30.9 Å². The summed E-state index contributed by atoms with van der Waals surface area (Å²) in [7, 11) is 0. The monoisotopic (exact) mass is 348 g/mol. The molecule has 3 N–H and O–H groups in total. The van der Waals surface area contributed by atoms with E-state index in [1.807, 2.05) is 31.2 Å². The van der Waals surface area contributed by atoms with E-state index in [1.54, 1.807) is 0 Å². The second-order valence-electron chi connectivity index (χ2n) is 6.88. The number of amides is 1. The summed E-state index contributed by atoms with van der Waals surface area (Å²) >= 11 is 0. The lowest BCUT2D eigenvalue weighted by Gasteiger charge is -2.15. The van der Waals surface area contributed by atoms with Crippen LogP contribution in [0, 0.1) is 5.92 Å². The average Bonchev–Trinajstić information content (AvgIpc) is 3.14. The summed E-state index contributed by atoms with van der Waals surface area (Å²) in [5.41, 5.74) is 1.92. The van der Waals surface area contributed by atoms with Crippen molar-refractivity contribution in [1.82, 2.24) is 5.32 Å². The van der Waals surface area contributed by atoms with Crippen LogP contribution in [0.15, 0.2) is 24.3 Å². The molecule has 1 saturated carbocycles. The Morgan fingerprint density at radius 3 is 2.92 bits per heavy atom. The number of benzene rings is 1. The van der Waals surface area contributed by atoms with E-state index in [4.69, 9.17) is 4.74 Å². The van der Waals surface area contributed by atoms with Crippen molar-refractivity contribution in [2.45, 2.75) is 58.0 Å². The Morgan fingerprint density at radius 2 is 2.16 bits per heavy atom. The number of aliphatic hydroxyl groups excluding tert-OH is 1. The lowest BCUT2D eigenvalue weighted by Crippen LogP contribution is -2.26. The number of rotatable bonds is 10. The van der Waals surface area contributed by atoms with E-state index < -0.39 is 12.2 Å². The zero-order valence-electron chi connectivity index (χ0n) is 15.3. The van der Waals surface area contributed by atoms with Crippen molar-refractivity contribution in [1.29, 1.82) is 0 Å². The second kappa shape index (κ2) is 11.0. The van der Waals surface area contributed by atoms with E-state index in [9.17, 15) is 9.90 Å². The van der Waals surface area contributed by atoms with Crippen LogP contribution in [0.5, 0.6) is 0 Å². The van der Waals surface area contributed by atoms with Crippen molar-refractivity contribution in [3.63, 3.8) is 0 Å². The van der Waals surface area contributed by atoms with Gasteiger partial charge < -0.3 is 20.5 Å². The van der Waals surface area contributed by atoms with Crippen LogP contribution in [0.4, 0.5) is 10.5 Å². The molecule has 0 spiro atoms. The molecule has 1 atom stereocenters. The molecule has 1 amide bonds. The number of carbonyl (C=O) groups is 1. The maximum Gasteiger partial charge on any atom is 0.407 e. The first-order valence-electron chi connectivity index (χ1n) is 9.61. The number of hydrogen-bond acceptors (Lipinski definition) is 4. The van der Waals surface area contributed by atoms with Gasteiger partial charge in [-0.2, -0.15) is 0 Å². The zero-order chi connectivity index (χ0) is 17.9. The molecule has 0 heterocycles. The van der Waals surface area contributed by atoms with Gasteiger partial charge in [0.05, 0.1) is 12.7 Å². The van der Waals surface area contributed by atoms with Gasteiger partial charge in [-0.1, -0.05) is 38.3 Å². The summed E-state index contributed by atoms with van der Waals surface area (Å²) in [5.74, 6) is 0.775. The Balaban J connectivity index is 1.70. The highest BCUT2D eigenvalue weighted by Gasteiger charge is 2.15. The Hall–Kier alpha value is -1.75. The predicted octanol–water partition coefficient (Wildman–Crippen LogP) is 4.24. The largest absolute Gasteiger partial charge is 0.450 e. The van der Waals surface area contributed by atoms with Crippen molar-refractivity contribution in [3.05, 3.63) is 29.8 Å². The van der Waals surface area contributed by atoms with Crippen LogP contribution >= 0.6 is 0 Å². The first-order valence-corrected chi connectivity index (χ1v) is 9.61. The molecule has 5 nitrogen and oxygen atoms in total. The number of hydrogen-bond donors (Lipinski definition) is 3. The lowest BCUT2D eigenvalue weighted by molar-refractivity contribution is 0.138. The van der Waals surface area contributed by atoms with Crippen molar-refractivity contribution in [2.75, 3.05) is 25.0 Å². The molecule has 1 aliphatic carbocycles. The average molecular weight is 348 g/mol. The Morgan fingerprint density at radius 1 is 1.36 bits per heavy atom. The highest BCUT2D eigenvalue weighted by molar-refractivity contribution is 5.67. The number of nitrogens with one attached hydrogen (secondary N) is 2. The van der Waals surface area contributed by atoms with Gasteiger partial charge in [0.1, 0.15) is 0 Å². The highest BCUT2D eigenvalue weighted by atomic mass is 16.5. The van der Waals surface area contributed by atoms with Crippen molar-refractivity contribution in [2.24, 2.45) is 5.92 Å². The lowest BCUT2D eigenvalue weighted by atomic mass is 10.1. The summed E-state index contributed by atoms with van der Waals surface area (Å²) in [6, 6.07) is 7.92. The maximum absolute atomic E-state index is 11.5. The van der Waals surface area contributed by atoms with E-state index in [-0.39, 0.29) is 0 Å². The maximum atomic E-state index is 11.5. The third-order valence-corrected chi connectivity index (χ3v) is 4.76. The van der Waals surface area contributed by atoms with Crippen molar-refractivity contribution < 1.29 is 14.6 Å². The van der Waals surface area contributed by atoms with Crippen LogP contribution in [0.3, 0.4) is 0 Å². The normalized spacial score (nSPS) is 15.8. The van der Waals surface area contributed by atoms with Gasteiger partial charge in [-0.3, -0.25) is 0 Å². The first kappa shape index (κ1) is 19.6. The van der Waals surface area contributed by atoms with E-state index in [0.717, 1.165) is 36.6 Å². The third-order valence-electron chi connectivity index (χ3n) is 4.76. The molecule has 0 aliphatic heterocycles. The number of ether oxygens (including phenoxy) is 1. The van der Waals surface area contributed by atoms with E-state index in [1.165, 1.54) is 25.7 Å². The van der Waals surface area contributed by atoms with Crippen LogP contribution in [0.25, 0.3) is 0 Å². The van der Waals surface area contributed by atoms with Gasteiger partial charge in [-0.15, -0.1) is 0 Å². The summed E-state index contributed by atoms with van der Waals surface area (Å²) in [5, 5.41) is 16.5. The Labute approximate surface area is 151 Å². The van der Waals surface area contributed by atoms with Crippen LogP contribution < -0.4 is 10.6 Å². The number of alkyl carbamates (subject to hydrolysis) is 1. The molecule has 0 aromatic heterocycles. The molecule has 0 bridgehead atoms. The second-order valence-corrected chi connectivity index (χ2v) is 6.88. The number of aliphatic hydroxyl groups is 1. The summed E-state index contributed by atoms with van der Waals surface area (Å²) < 4.78 is 5.03. The molecule has 5 heteroatoms. The van der Waals surface area contributed by atoms with Gasteiger partial charge in [0.25, 0.3) is 0 Å². The molecule has 0 saturated heterocycles. The number of unbranched alkanes of at least 4 members (excludes halogenated alkanes) is 1. The standard InChI is InChI=1S/C20H32N2O3/c1-2-3-13-25-20(24)21-12-11-19(23)17-9-6-10-18(14-17)22-15-16-7-4-5-8-16/h6,9-10,14,16,19,22-23H,2-5,7-8,11-13,15H2,1H3,(H,21,24). The molecule has 1 unspecified atom stereocenters. The van der Waals surface area contributed by atoms with Gasteiger partial charge >= 0.3 is 6.09 Å². The SMILES string of the molecule is CCCCOC(=O)NCCC(O)c1cccc(NCC2CCCC2)c1. The first-order chi connectivity index (χ1) is 12.2. The fourth-order valence-corrected chi connectivity index (χ4v) is 3.17. The van der Waals surface area contributed by atoms with Gasteiger partial charge in [-0.25, -0.2) is 4.79 Å². The fourth-order valence-electron chi connectivity index (χ4n) is 3.17. The Bertz CT molecular complexity index is 515. The van der Waals surface area contributed by atoms with Gasteiger partial charge in [0.15, 0.2) is 0 Å². The summed E-state index contributed by atoms with van der Waals surface area (Å²) in [6.45, 7) is 3.89. The minimum atomic E-state index is -0.593. The minimum absolute atomic E-state index is 0.395. The van der Waals surface area contributed by atoms with Crippen LogP contribution in [0.1, 0.15) is 63.5 Å². The molecule has 1 aliphatic rings. The van der Waals surface area contributed by atoms with Crippen LogP contribution in [0.2, 0.25) is 0 Å². The molecule has 1 aromatic rings. The Kier molecular flexibility index (Phi) is 8.60. The quantitative estimate of drug-likeness (QED) is 0.553. The van der Waals surface area contributed by atoms with Crippen molar-refractivity contribution in [3.8, 4) is 0 Å². The van der Waals surface area contributed by atoms with Crippen LogP contribution in [-0.2, 0) is 4.74 Å². The molecule has 140 valence electrons. The molecule has 1 fully saturated rings.